The summed E-state index contributed by atoms with van der Waals surface area (Å²) in [4.78, 5) is 8.54. The van der Waals surface area contributed by atoms with Crippen molar-refractivity contribution in [3.8, 4) is 0 Å². The molecule has 0 saturated heterocycles. The lowest BCUT2D eigenvalue weighted by Gasteiger charge is -2.09. The molecule has 3 nitrogen and oxygen atoms in total. The minimum Gasteiger partial charge on any atom is -0.324 e. The monoisotopic (exact) mass is 237 g/mol. The Hall–Kier alpha value is -0.910. The van der Waals surface area contributed by atoms with Crippen LogP contribution < -0.4 is 5.73 Å². The average Bonchev–Trinajstić information content (AvgIpc) is 2.71. The molecule has 78 valence electrons. The molecule has 5 heteroatoms. The Morgan fingerprint density at radius 2 is 2.27 bits per heavy atom. The second kappa shape index (κ2) is 4.74. The molecule has 0 aliphatic rings. The van der Waals surface area contributed by atoms with Crippen LogP contribution in [0.4, 0.5) is 0 Å². The zero-order valence-electron chi connectivity index (χ0n) is 8.25. The van der Waals surface area contributed by atoms with Gasteiger partial charge in [-0.2, -0.15) is 0 Å². The summed E-state index contributed by atoms with van der Waals surface area (Å²) in [5, 5.41) is 2.90. The summed E-state index contributed by atoms with van der Waals surface area (Å²) in [6.07, 6.45) is 3.57. The Balaban J connectivity index is 2.28. The van der Waals surface area contributed by atoms with Gasteiger partial charge < -0.3 is 5.73 Å². The van der Waals surface area contributed by atoms with Crippen LogP contribution in [0.5, 0.6) is 0 Å². The molecule has 0 saturated carbocycles. The van der Waals surface area contributed by atoms with Crippen molar-refractivity contribution >= 4 is 23.1 Å². The molecule has 2 N–H and O–H groups in total. The first-order valence-electron chi connectivity index (χ1n) is 4.55. The molecular formula is C10H11N3S2. The second-order valence-electron chi connectivity index (χ2n) is 3.09. The summed E-state index contributed by atoms with van der Waals surface area (Å²) < 4.78 is 0.996. The van der Waals surface area contributed by atoms with E-state index in [9.17, 15) is 0 Å². The molecule has 0 aliphatic carbocycles. The van der Waals surface area contributed by atoms with Gasteiger partial charge in [0.05, 0.1) is 0 Å². The predicted molar refractivity (Wildman–Crippen MR) is 63.1 cm³/mol. The lowest BCUT2D eigenvalue weighted by molar-refractivity contribution is 0.779. The molecule has 1 unspecified atom stereocenters. The number of nitrogens with two attached hydrogens (primary N) is 1. The Labute approximate surface area is 96.8 Å². The van der Waals surface area contributed by atoms with E-state index >= 15 is 0 Å². The van der Waals surface area contributed by atoms with Crippen LogP contribution in [-0.4, -0.2) is 9.97 Å². The molecule has 2 aromatic rings. The Kier molecular flexibility index (Phi) is 3.35. The lowest BCUT2D eigenvalue weighted by Crippen LogP contribution is -2.06. The molecule has 0 spiro atoms. The normalized spacial score (nSPS) is 12.7. The van der Waals surface area contributed by atoms with Gasteiger partial charge in [-0.3, -0.25) is 0 Å². The molecule has 2 rings (SSSR count). The van der Waals surface area contributed by atoms with Gasteiger partial charge in [0.2, 0.25) is 0 Å². The highest BCUT2D eigenvalue weighted by Crippen LogP contribution is 2.31. The molecule has 1 atom stereocenters. The van der Waals surface area contributed by atoms with Gasteiger partial charge in [0.25, 0.3) is 0 Å². The smallest absolute Gasteiger partial charge is 0.156 e. The van der Waals surface area contributed by atoms with Crippen LogP contribution in [-0.2, 0) is 0 Å². The SMILES string of the molecule is CC(N)c1cccnc1Sc1nccs1. The van der Waals surface area contributed by atoms with Crippen molar-refractivity contribution in [2.45, 2.75) is 22.3 Å². The summed E-state index contributed by atoms with van der Waals surface area (Å²) in [5.41, 5.74) is 6.94. The fourth-order valence-electron chi connectivity index (χ4n) is 1.18. The molecule has 15 heavy (non-hydrogen) atoms. The first kappa shape index (κ1) is 10.6. The molecular weight excluding hydrogens is 226 g/mol. The Morgan fingerprint density at radius 1 is 1.40 bits per heavy atom. The van der Waals surface area contributed by atoms with Gasteiger partial charge in [0.1, 0.15) is 5.03 Å². The number of nitrogens with zero attached hydrogens (tertiary/aromatic N) is 2. The van der Waals surface area contributed by atoms with Gasteiger partial charge >= 0.3 is 0 Å². The topological polar surface area (TPSA) is 51.8 Å². The third kappa shape index (κ3) is 2.56. The first-order chi connectivity index (χ1) is 7.27. The number of pyridine rings is 1. The summed E-state index contributed by atoms with van der Waals surface area (Å²) in [5.74, 6) is 0. The summed E-state index contributed by atoms with van der Waals surface area (Å²) in [6, 6.07) is 3.92. The van der Waals surface area contributed by atoms with Crippen molar-refractivity contribution in [1.29, 1.82) is 0 Å². The molecule has 0 bridgehead atoms. The standard InChI is InChI=1S/C10H11N3S2/c1-7(11)8-3-2-4-12-9(8)15-10-13-5-6-14-10/h2-7H,11H2,1H3. The molecule has 2 heterocycles. The fourth-order valence-corrected chi connectivity index (χ4v) is 2.90. The largest absolute Gasteiger partial charge is 0.324 e. The van der Waals surface area contributed by atoms with Crippen LogP contribution in [0.25, 0.3) is 0 Å². The zero-order chi connectivity index (χ0) is 10.7. The van der Waals surface area contributed by atoms with E-state index in [2.05, 4.69) is 9.97 Å². The van der Waals surface area contributed by atoms with Crippen LogP contribution in [0.2, 0.25) is 0 Å². The van der Waals surface area contributed by atoms with E-state index in [0.29, 0.717) is 0 Å². The fraction of sp³-hybridized carbons (Fsp3) is 0.200. The number of hydrogen-bond acceptors (Lipinski definition) is 5. The third-order valence-electron chi connectivity index (χ3n) is 1.88. The van der Waals surface area contributed by atoms with E-state index in [1.807, 2.05) is 24.4 Å². The molecule has 0 fully saturated rings. The van der Waals surface area contributed by atoms with E-state index < -0.39 is 0 Å². The minimum absolute atomic E-state index is 0.00108. The number of hydrogen-bond donors (Lipinski definition) is 1. The molecule has 0 aliphatic heterocycles. The maximum Gasteiger partial charge on any atom is 0.156 e. The van der Waals surface area contributed by atoms with Crippen molar-refractivity contribution in [1.82, 2.24) is 9.97 Å². The summed E-state index contributed by atoms with van der Waals surface area (Å²) >= 11 is 3.17. The van der Waals surface area contributed by atoms with Gasteiger partial charge in [-0.25, -0.2) is 9.97 Å². The number of thiazole rings is 1. The maximum absolute atomic E-state index is 5.87. The highest BCUT2D eigenvalue weighted by molar-refractivity contribution is 8.01. The maximum atomic E-state index is 5.87. The number of aromatic nitrogens is 2. The molecule has 0 aromatic carbocycles. The van der Waals surface area contributed by atoms with Crippen molar-refractivity contribution in [3.05, 3.63) is 35.5 Å². The van der Waals surface area contributed by atoms with E-state index in [1.54, 1.807) is 35.5 Å². The van der Waals surface area contributed by atoms with Gasteiger partial charge in [0, 0.05) is 29.4 Å². The van der Waals surface area contributed by atoms with Crippen molar-refractivity contribution in [3.63, 3.8) is 0 Å². The Bertz CT molecular complexity index is 426. The van der Waals surface area contributed by atoms with E-state index in [-0.39, 0.29) is 6.04 Å². The van der Waals surface area contributed by atoms with Gasteiger partial charge in [-0.05, 0) is 24.8 Å². The third-order valence-corrected chi connectivity index (χ3v) is 3.80. The second-order valence-corrected chi connectivity index (χ2v) is 5.22. The van der Waals surface area contributed by atoms with Crippen molar-refractivity contribution in [2.75, 3.05) is 0 Å². The number of rotatable bonds is 3. The van der Waals surface area contributed by atoms with Crippen LogP contribution in [0, 0.1) is 0 Å². The van der Waals surface area contributed by atoms with Crippen molar-refractivity contribution < 1.29 is 0 Å². The highest BCUT2D eigenvalue weighted by Gasteiger charge is 2.09. The highest BCUT2D eigenvalue weighted by atomic mass is 32.2. The Morgan fingerprint density at radius 3 is 2.93 bits per heavy atom. The average molecular weight is 237 g/mol. The molecule has 0 radical (unpaired) electrons. The molecule has 2 aromatic heterocycles. The van der Waals surface area contributed by atoms with Gasteiger partial charge in [-0.1, -0.05) is 6.07 Å². The van der Waals surface area contributed by atoms with Crippen LogP contribution in [0.3, 0.4) is 0 Å². The van der Waals surface area contributed by atoms with Crippen LogP contribution >= 0.6 is 23.1 Å². The first-order valence-corrected chi connectivity index (χ1v) is 6.25. The summed E-state index contributed by atoms with van der Waals surface area (Å²) in [6.45, 7) is 1.96. The van der Waals surface area contributed by atoms with E-state index in [1.165, 1.54) is 0 Å². The van der Waals surface area contributed by atoms with E-state index in [4.69, 9.17) is 5.73 Å². The van der Waals surface area contributed by atoms with Crippen LogP contribution in [0.15, 0.2) is 39.3 Å². The van der Waals surface area contributed by atoms with Gasteiger partial charge in [0.15, 0.2) is 4.34 Å². The quantitative estimate of drug-likeness (QED) is 0.891. The summed E-state index contributed by atoms with van der Waals surface area (Å²) in [7, 11) is 0. The van der Waals surface area contributed by atoms with Gasteiger partial charge in [-0.15, -0.1) is 11.3 Å². The lowest BCUT2D eigenvalue weighted by atomic mass is 10.2. The predicted octanol–water partition coefficient (Wildman–Crippen LogP) is 2.71. The molecule has 0 amide bonds. The van der Waals surface area contributed by atoms with Crippen molar-refractivity contribution in [2.24, 2.45) is 5.73 Å². The minimum atomic E-state index is 0.00108. The van der Waals surface area contributed by atoms with E-state index in [0.717, 1.165) is 14.9 Å². The zero-order valence-corrected chi connectivity index (χ0v) is 9.89. The van der Waals surface area contributed by atoms with Crippen LogP contribution in [0.1, 0.15) is 18.5 Å².